The van der Waals surface area contributed by atoms with Crippen LogP contribution in [0.3, 0.4) is 0 Å². The van der Waals surface area contributed by atoms with Crippen LogP contribution in [0.4, 0.5) is 18.9 Å². The van der Waals surface area contributed by atoms with Gasteiger partial charge in [-0.2, -0.15) is 18.3 Å². The number of aromatic nitrogens is 3. The number of pyridine rings is 1. The number of benzene rings is 1. The molecule has 0 saturated carbocycles. The van der Waals surface area contributed by atoms with Crippen molar-refractivity contribution in [1.29, 1.82) is 0 Å². The molecule has 3 aromatic rings. The van der Waals surface area contributed by atoms with Crippen LogP contribution in [0.15, 0.2) is 34.9 Å². The van der Waals surface area contributed by atoms with Crippen LogP contribution in [0.1, 0.15) is 40.4 Å². The van der Waals surface area contributed by atoms with Crippen molar-refractivity contribution in [2.24, 2.45) is 0 Å². The highest BCUT2D eigenvalue weighted by Crippen LogP contribution is 2.49. The largest absolute Gasteiger partial charge is 0.449 e. The Balaban J connectivity index is 1.83. The van der Waals surface area contributed by atoms with Crippen LogP contribution in [-0.2, 0) is 6.18 Å². The van der Waals surface area contributed by atoms with E-state index >= 15 is 0 Å². The highest BCUT2D eigenvalue weighted by atomic mass is 79.9. The molecule has 2 aromatic heterocycles. The molecule has 1 aliphatic heterocycles. The summed E-state index contributed by atoms with van der Waals surface area (Å²) in [5.74, 6) is -2.40. The van der Waals surface area contributed by atoms with E-state index in [0.29, 0.717) is 10.7 Å². The van der Waals surface area contributed by atoms with Gasteiger partial charge in [-0.25, -0.2) is 9.67 Å². The fourth-order valence-electron chi connectivity index (χ4n) is 3.30. The standard InChI is InChI=1S/C21H16BrClF3N5O4/c1-20(2)34-12-7-9(18(32)27-3)15(14(22)16(12)35-20)29-19(33)11-8-13(21(24,25)26)30-31(11)17-10(23)5-4-6-28-17/h4-8H,1-3H3,(H,27,32)(H,29,33). The monoisotopic (exact) mass is 573 g/mol. The molecule has 0 fully saturated rings. The number of rotatable bonds is 4. The van der Waals surface area contributed by atoms with Crippen molar-refractivity contribution < 1.29 is 32.2 Å². The smallest absolute Gasteiger partial charge is 0.435 e. The maximum Gasteiger partial charge on any atom is 0.435 e. The fraction of sp³-hybridized carbons (Fsp3) is 0.238. The number of halogens is 5. The van der Waals surface area contributed by atoms with Crippen LogP contribution in [0.25, 0.3) is 5.82 Å². The van der Waals surface area contributed by atoms with Crippen LogP contribution in [0.2, 0.25) is 5.02 Å². The SMILES string of the molecule is CNC(=O)c1cc2c(c(Br)c1NC(=O)c1cc(C(F)(F)F)nn1-c1ncccc1Cl)OC(C)(C)O2. The lowest BCUT2D eigenvalue weighted by Gasteiger charge is -2.16. The summed E-state index contributed by atoms with van der Waals surface area (Å²) in [7, 11) is 1.38. The van der Waals surface area contributed by atoms with Crippen molar-refractivity contribution in [1.82, 2.24) is 20.1 Å². The molecular weight excluding hydrogens is 559 g/mol. The van der Waals surface area contributed by atoms with Gasteiger partial charge in [-0.3, -0.25) is 9.59 Å². The Morgan fingerprint density at radius 3 is 2.54 bits per heavy atom. The third kappa shape index (κ3) is 4.65. The first-order valence-corrected chi connectivity index (χ1v) is 11.1. The normalized spacial score (nSPS) is 14.1. The average Bonchev–Trinajstić information content (AvgIpc) is 3.36. The Bertz CT molecular complexity index is 1360. The first-order chi connectivity index (χ1) is 16.3. The quantitative estimate of drug-likeness (QED) is 0.463. The second kappa shape index (κ2) is 8.72. The van der Waals surface area contributed by atoms with E-state index in [1.54, 1.807) is 13.8 Å². The van der Waals surface area contributed by atoms with Crippen molar-refractivity contribution in [3.63, 3.8) is 0 Å². The lowest BCUT2D eigenvalue weighted by atomic mass is 10.1. The Labute approximate surface area is 209 Å². The van der Waals surface area contributed by atoms with E-state index in [9.17, 15) is 22.8 Å². The zero-order chi connectivity index (χ0) is 25.7. The van der Waals surface area contributed by atoms with Crippen LogP contribution in [-0.4, -0.2) is 39.4 Å². The maximum absolute atomic E-state index is 13.4. The van der Waals surface area contributed by atoms with Gasteiger partial charge in [0.15, 0.2) is 23.0 Å². The van der Waals surface area contributed by atoms with Gasteiger partial charge in [0, 0.05) is 33.2 Å². The summed E-state index contributed by atoms with van der Waals surface area (Å²) in [5.41, 5.74) is -1.93. The number of nitrogens with zero attached hydrogens (tertiary/aromatic N) is 3. The second-order valence-electron chi connectivity index (χ2n) is 7.71. The number of fused-ring (bicyclic) bond motifs is 1. The summed E-state index contributed by atoms with van der Waals surface area (Å²) in [4.78, 5) is 29.8. The van der Waals surface area contributed by atoms with Crippen LogP contribution in [0, 0.1) is 0 Å². The molecule has 1 aromatic carbocycles. The zero-order valence-corrected chi connectivity index (χ0v) is 20.6. The summed E-state index contributed by atoms with van der Waals surface area (Å²) >= 11 is 9.40. The number of hydrogen-bond donors (Lipinski definition) is 2. The first kappa shape index (κ1) is 24.8. The number of nitrogens with one attached hydrogen (secondary N) is 2. The summed E-state index contributed by atoms with van der Waals surface area (Å²) in [5, 5.41) is 8.39. The number of amides is 2. The minimum absolute atomic E-state index is 0.0225. The maximum atomic E-state index is 13.4. The first-order valence-electron chi connectivity index (χ1n) is 9.88. The Morgan fingerprint density at radius 1 is 1.20 bits per heavy atom. The van der Waals surface area contributed by atoms with E-state index in [2.05, 4.69) is 36.6 Å². The lowest BCUT2D eigenvalue weighted by molar-refractivity contribution is -0.141. The van der Waals surface area contributed by atoms with Crippen LogP contribution < -0.4 is 20.1 Å². The van der Waals surface area contributed by atoms with Gasteiger partial charge in [0.1, 0.15) is 5.69 Å². The van der Waals surface area contributed by atoms with E-state index in [-0.39, 0.29) is 38.1 Å². The highest BCUT2D eigenvalue weighted by Gasteiger charge is 2.38. The van der Waals surface area contributed by atoms with Crippen LogP contribution >= 0.6 is 27.5 Å². The molecular formula is C21H16BrClF3N5O4. The molecule has 0 aliphatic carbocycles. The number of ether oxygens (including phenoxy) is 2. The summed E-state index contributed by atoms with van der Waals surface area (Å²) < 4.78 is 52.6. The van der Waals surface area contributed by atoms with E-state index in [0.717, 1.165) is 0 Å². The van der Waals surface area contributed by atoms with Gasteiger partial charge in [0.2, 0.25) is 5.79 Å². The molecule has 2 amide bonds. The molecule has 0 saturated heterocycles. The molecule has 0 radical (unpaired) electrons. The molecule has 35 heavy (non-hydrogen) atoms. The number of carbonyl (C=O) groups excluding carboxylic acids is 2. The third-order valence-corrected chi connectivity index (χ3v) is 5.82. The summed E-state index contributed by atoms with van der Waals surface area (Å²) in [6, 6.07) is 4.78. The molecule has 0 unspecified atom stereocenters. The molecule has 14 heteroatoms. The molecule has 0 bridgehead atoms. The minimum Gasteiger partial charge on any atom is -0.449 e. The van der Waals surface area contributed by atoms with E-state index < -0.39 is 35.2 Å². The van der Waals surface area contributed by atoms with Gasteiger partial charge >= 0.3 is 6.18 Å². The van der Waals surface area contributed by atoms with E-state index in [1.165, 1.54) is 31.4 Å². The predicted molar refractivity (Wildman–Crippen MR) is 122 cm³/mol. The van der Waals surface area contributed by atoms with Crippen molar-refractivity contribution in [3.05, 3.63) is 56.9 Å². The summed E-state index contributed by atoms with van der Waals surface area (Å²) in [6.45, 7) is 3.29. The molecule has 1 aliphatic rings. The van der Waals surface area contributed by atoms with E-state index in [1.807, 2.05) is 0 Å². The second-order valence-corrected chi connectivity index (χ2v) is 8.91. The van der Waals surface area contributed by atoms with Crippen molar-refractivity contribution in [3.8, 4) is 17.3 Å². The number of anilines is 1. The van der Waals surface area contributed by atoms with E-state index in [4.69, 9.17) is 21.1 Å². The van der Waals surface area contributed by atoms with Crippen molar-refractivity contribution in [2.75, 3.05) is 12.4 Å². The molecule has 4 rings (SSSR count). The van der Waals surface area contributed by atoms with Gasteiger partial charge in [-0.1, -0.05) is 11.6 Å². The highest BCUT2D eigenvalue weighted by molar-refractivity contribution is 9.10. The molecule has 9 nitrogen and oxygen atoms in total. The van der Waals surface area contributed by atoms with Crippen LogP contribution in [0.5, 0.6) is 11.5 Å². The van der Waals surface area contributed by atoms with Gasteiger partial charge in [0.05, 0.1) is 20.7 Å². The zero-order valence-electron chi connectivity index (χ0n) is 18.3. The topological polar surface area (TPSA) is 107 Å². The number of carbonyl (C=O) groups is 2. The average molecular weight is 575 g/mol. The van der Waals surface area contributed by atoms with Crippen molar-refractivity contribution >= 4 is 45.0 Å². The molecule has 0 spiro atoms. The number of hydrogen-bond acceptors (Lipinski definition) is 6. The van der Waals surface area contributed by atoms with Gasteiger partial charge in [0.25, 0.3) is 11.8 Å². The Kier molecular flexibility index (Phi) is 6.18. The lowest BCUT2D eigenvalue weighted by Crippen LogP contribution is -2.29. The fourth-order valence-corrected chi connectivity index (χ4v) is 4.09. The third-order valence-electron chi connectivity index (χ3n) is 4.77. The minimum atomic E-state index is -4.85. The molecule has 0 atom stereocenters. The predicted octanol–water partition coefficient (Wildman–Crippen LogP) is 4.82. The number of alkyl halides is 3. The van der Waals surface area contributed by atoms with Crippen molar-refractivity contribution in [2.45, 2.75) is 25.8 Å². The van der Waals surface area contributed by atoms with Gasteiger partial charge in [-0.15, -0.1) is 0 Å². The molecule has 2 N–H and O–H groups in total. The Hall–Kier alpha value is -3.32. The Morgan fingerprint density at radius 2 is 1.91 bits per heavy atom. The van der Waals surface area contributed by atoms with Gasteiger partial charge in [-0.05, 0) is 34.1 Å². The van der Waals surface area contributed by atoms with Gasteiger partial charge < -0.3 is 20.1 Å². The summed E-state index contributed by atoms with van der Waals surface area (Å²) in [6.07, 6.45) is -3.56. The molecule has 3 heterocycles. The molecule has 184 valence electrons.